The molecule has 14 nitrogen and oxygen atoms in total. The molecule has 0 aliphatic carbocycles. The van der Waals surface area contributed by atoms with E-state index in [9.17, 15) is 14.0 Å². The summed E-state index contributed by atoms with van der Waals surface area (Å²) >= 11 is 0. The first kappa shape index (κ1) is 28.5. The fourth-order valence-electron chi connectivity index (χ4n) is 3.93. The van der Waals surface area contributed by atoms with Crippen LogP contribution in [-0.2, 0) is 4.79 Å². The number of anilines is 1. The van der Waals surface area contributed by atoms with Crippen LogP contribution in [0.1, 0.15) is 29.9 Å². The topological polar surface area (TPSA) is 192 Å². The fraction of sp³-hybridized carbons (Fsp3) is 0.231. The summed E-state index contributed by atoms with van der Waals surface area (Å²) in [5.41, 5.74) is 6.12. The van der Waals surface area contributed by atoms with Gasteiger partial charge in [-0.05, 0) is 35.9 Å². The van der Waals surface area contributed by atoms with Gasteiger partial charge < -0.3 is 30.0 Å². The predicted molar refractivity (Wildman–Crippen MR) is 145 cm³/mol. The summed E-state index contributed by atoms with van der Waals surface area (Å²) in [5, 5.41) is 15.5. The number of aromatic nitrogens is 5. The molecule has 2 heterocycles. The Bertz CT molecular complexity index is 1610. The number of aromatic amines is 1. The number of nitrogen functional groups attached to an aromatic ring is 1. The lowest BCUT2D eigenvalue weighted by Gasteiger charge is -2.22. The second kappa shape index (κ2) is 12.6. The summed E-state index contributed by atoms with van der Waals surface area (Å²) in [6.07, 6.45) is 2.93. The zero-order valence-corrected chi connectivity index (χ0v) is 22.3. The van der Waals surface area contributed by atoms with Crippen LogP contribution in [0.4, 0.5) is 10.1 Å². The highest BCUT2D eigenvalue weighted by Crippen LogP contribution is 2.41. The lowest BCUT2D eigenvalue weighted by Crippen LogP contribution is -2.18. The van der Waals surface area contributed by atoms with Crippen LogP contribution in [-0.4, -0.2) is 64.0 Å². The molecule has 0 radical (unpaired) electrons. The van der Waals surface area contributed by atoms with Crippen molar-refractivity contribution in [3.05, 3.63) is 76.2 Å². The van der Waals surface area contributed by atoms with Gasteiger partial charge in [-0.3, -0.25) is 15.2 Å². The molecular weight excluding hydrogens is 539 g/mol. The minimum Gasteiger partial charge on any atom is -0.493 e. The third kappa shape index (κ3) is 6.41. The smallest absolute Gasteiger partial charge is 0.350 e. The fourth-order valence-corrected chi connectivity index (χ4v) is 3.93. The largest absolute Gasteiger partial charge is 0.493 e. The number of nitrogens with two attached hydrogens (primary N) is 1. The maximum absolute atomic E-state index is 13.0. The number of carbonyl (C=O) groups is 1. The number of nitrogens with zero attached hydrogens (tertiary/aromatic N) is 4. The highest BCUT2D eigenvalue weighted by Gasteiger charge is 2.25. The number of ether oxygens (including phenoxy) is 4. The minimum absolute atomic E-state index is 0.0426. The van der Waals surface area contributed by atoms with Crippen LogP contribution in [0.2, 0.25) is 0 Å². The van der Waals surface area contributed by atoms with Crippen molar-refractivity contribution in [1.29, 1.82) is 5.41 Å². The monoisotopic (exact) mass is 566 g/mol. The number of hydrogen-bond donors (Lipinski definition) is 4. The van der Waals surface area contributed by atoms with E-state index in [1.165, 1.54) is 45.7 Å². The molecule has 2 aromatic heterocycles. The van der Waals surface area contributed by atoms with Gasteiger partial charge in [-0.25, -0.2) is 19.2 Å². The molecule has 214 valence electrons. The zero-order chi connectivity index (χ0) is 29.5. The molecule has 0 spiro atoms. The van der Waals surface area contributed by atoms with Crippen molar-refractivity contribution in [2.45, 2.75) is 13.0 Å². The van der Waals surface area contributed by atoms with E-state index < -0.39 is 24.4 Å². The quantitative estimate of drug-likeness (QED) is 0.0849. The highest BCUT2D eigenvalue weighted by atomic mass is 19.1. The van der Waals surface area contributed by atoms with Crippen LogP contribution in [0.25, 0.3) is 5.95 Å². The number of benzene rings is 2. The number of hydrogen-bond acceptors (Lipinski definition) is 11. The summed E-state index contributed by atoms with van der Waals surface area (Å²) in [5.74, 6) is 0.00880. The van der Waals surface area contributed by atoms with Gasteiger partial charge in [0.05, 0.1) is 19.8 Å². The maximum Gasteiger partial charge on any atom is 0.350 e. The van der Waals surface area contributed by atoms with Crippen molar-refractivity contribution in [2.24, 2.45) is 5.73 Å². The van der Waals surface area contributed by atoms with Gasteiger partial charge in [0.15, 0.2) is 17.3 Å². The summed E-state index contributed by atoms with van der Waals surface area (Å²) in [4.78, 5) is 35.5. The first-order valence-electron chi connectivity index (χ1n) is 12.1. The van der Waals surface area contributed by atoms with Gasteiger partial charge in [0.25, 0.3) is 5.95 Å². The SMILES string of the molecule is COc1cc(C(Nc2ccc(C(=N)N)c(OC(C)=O)c2)c2nn(-c3ncccn3)c(=O)[nH]2)cc(OCCF)c1OC. The van der Waals surface area contributed by atoms with Gasteiger partial charge >= 0.3 is 11.7 Å². The van der Waals surface area contributed by atoms with Crippen LogP contribution < -0.4 is 35.7 Å². The van der Waals surface area contributed by atoms with Gasteiger partial charge in [0.1, 0.15) is 30.9 Å². The van der Waals surface area contributed by atoms with Crippen molar-refractivity contribution in [1.82, 2.24) is 24.7 Å². The van der Waals surface area contributed by atoms with E-state index in [0.717, 1.165) is 4.68 Å². The summed E-state index contributed by atoms with van der Waals surface area (Å²) < 4.78 is 35.8. The number of esters is 1. The summed E-state index contributed by atoms with van der Waals surface area (Å²) in [6.45, 7) is 0.238. The molecule has 1 atom stereocenters. The molecule has 41 heavy (non-hydrogen) atoms. The lowest BCUT2D eigenvalue weighted by atomic mass is 10.0. The zero-order valence-electron chi connectivity index (χ0n) is 22.3. The number of carbonyl (C=O) groups excluding carboxylic acids is 1. The van der Waals surface area contributed by atoms with Crippen LogP contribution in [0.5, 0.6) is 23.0 Å². The van der Waals surface area contributed by atoms with Gasteiger partial charge in [0.2, 0.25) is 5.75 Å². The van der Waals surface area contributed by atoms with Crippen molar-refractivity contribution >= 4 is 17.5 Å². The lowest BCUT2D eigenvalue weighted by molar-refractivity contribution is -0.131. The number of alkyl halides is 1. The highest BCUT2D eigenvalue weighted by molar-refractivity contribution is 5.98. The first-order valence-corrected chi connectivity index (χ1v) is 12.1. The Kier molecular flexibility index (Phi) is 8.76. The standard InChI is InChI=1S/C26H27FN8O6/c1-14(36)41-18-13-16(5-6-17(18)23(28)29)32-21(24-33-26(37)35(34-24)25-30-8-4-9-31-25)15-11-19(38-2)22(39-3)20(12-15)40-10-7-27/h4-6,8-9,11-13,21,32H,7,10H2,1-3H3,(H3,28,29)(H,33,34,37). The van der Waals surface area contributed by atoms with E-state index in [2.05, 4.69) is 25.4 Å². The molecule has 0 bridgehead atoms. The first-order chi connectivity index (χ1) is 19.7. The van der Waals surface area contributed by atoms with Crippen molar-refractivity contribution in [3.8, 4) is 28.9 Å². The van der Waals surface area contributed by atoms with Crippen LogP contribution in [0.3, 0.4) is 0 Å². The van der Waals surface area contributed by atoms with Crippen molar-refractivity contribution in [3.63, 3.8) is 0 Å². The normalized spacial score (nSPS) is 11.4. The van der Waals surface area contributed by atoms with Crippen LogP contribution in [0, 0.1) is 5.41 Å². The molecule has 4 aromatic rings. The average Bonchev–Trinajstić information content (AvgIpc) is 3.35. The molecule has 5 N–H and O–H groups in total. The molecule has 1 unspecified atom stereocenters. The summed E-state index contributed by atoms with van der Waals surface area (Å²) in [6, 6.07) is 8.50. The number of rotatable bonds is 12. The molecule has 0 fully saturated rings. The second-order valence-corrected chi connectivity index (χ2v) is 8.36. The van der Waals surface area contributed by atoms with Crippen LogP contribution in [0.15, 0.2) is 53.6 Å². The Hall–Kier alpha value is -5.47. The number of H-pyrrole nitrogens is 1. The molecule has 0 aliphatic rings. The average molecular weight is 567 g/mol. The van der Waals surface area contributed by atoms with E-state index in [-0.39, 0.29) is 52.8 Å². The third-order valence-corrected chi connectivity index (χ3v) is 5.62. The van der Waals surface area contributed by atoms with Gasteiger partial charge in [-0.2, -0.15) is 0 Å². The molecule has 0 saturated carbocycles. The molecule has 2 aromatic carbocycles. The van der Waals surface area contributed by atoms with Gasteiger partial charge in [-0.1, -0.05) is 0 Å². The van der Waals surface area contributed by atoms with E-state index in [4.69, 9.17) is 30.1 Å². The van der Waals surface area contributed by atoms with E-state index >= 15 is 0 Å². The molecule has 0 saturated heterocycles. The minimum atomic E-state index is -0.895. The van der Waals surface area contributed by atoms with Gasteiger partial charge in [0, 0.05) is 31.1 Å². The molecular formula is C26H27FN8O6. The van der Waals surface area contributed by atoms with E-state index in [0.29, 0.717) is 11.3 Å². The molecule has 0 amide bonds. The number of amidine groups is 1. The number of nitrogens with one attached hydrogen (secondary N) is 3. The number of halogens is 1. The van der Waals surface area contributed by atoms with E-state index in [1.54, 1.807) is 24.3 Å². The molecule has 0 aliphatic heterocycles. The molecule has 15 heteroatoms. The molecule has 4 rings (SSSR count). The Morgan fingerprint density at radius 1 is 1.15 bits per heavy atom. The summed E-state index contributed by atoms with van der Waals surface area (Å²) in [7, 11) is 2.85. The van der Waals surface area contributed by atoms with Crippen molar-refractivity contribution in [2.75, 3.05) is 32.8 Å². The Morgan fingerprint density at radius 3 is 2.51 bits per heavy atom. The van der Waals surface area contributed by atoms with Crippen molar-refractivity contribution < 1.29 is 28.1 Å². The van der Waals surface area contributed by atoms with E-state index in [1.807, 2.05) is 0 Å². The predicted octanol–water partition coefficient (Wildman–Crippen LogP) is 2.13. The number of methoxy groups -OCH3 is 2. The third-order valence-electron chi connectivity index (χ3n) is 5.62. The second-order valence-electron chi connectivity index (χ2n) is 8.36. The van der Waals surface area contributed by atoms with Gasteiger partial charge in [-0.15, -0.1) is 9.78 Å². The Morgan fingerprint density at radius 2 is 1.88 bits per heavy atom. The Balaban J connectivity index is 1.88. The Labute approximate surface area is 232 Å². The van der Waals surface area contributed by atoms with Crippen LogP contribution >= 0.6 is 0 Å². The maximum atomic E-state index is 13.0.